The highest BCUT2D eigenvalue weighted by atomic mass is 32.1. The zero-order valence-corrected chi connectivity index (χ0v) is 16.9. The van der Waals surface area contributed by atoms with Crippen LogP contribution < -0.4 is 0 Å². The van der Waals surface area contributed by atoms with Crippen molar-refractivity contribution >= 4 is 27.5 Å². The van der Waals surface area contributed by atoms with Gasteiger partial charge in [-0.2, -0.15) is 5.10 Å². The molecule has 0 fully saturated rings. The number of likely N-dealkylation sites (N-methyl/N-ethyl adjacent to an activating group) is 1. The topological polar surface area (TPSA) is 51.0 Å². The van der Waals surface area contributed by atoms with Crippen molar-refractivity contribution < 1.29 is 4.79 Å². The lowest BCUT2D eigenvalue weighted by atomic mass is 10.1. The van der Waals surface area contributed by atoms with E-state index < -0.39 is 0 Å². The van der Waals surface area contributed by atoms with E-state index in [1.807, 2.05) is 36.9 Å². The third kappa shape index (κ3) is 3.96. The van der Waals surface area contributed by atoms with Crippen LogP contribution in [-0.2, 0) is 24.3 Å². The average molecular weight is 371 g/mol. The summed E-state index contributed by atoms with van der Waals surface area (Å²) in [6, 6.07) is 8.07. The van der Waals surface area contributed by atoms with Gasteiger partial charge in [0.25, 0.3) is 0 Å². The summed E-state index contributed by atoms with van der Waals surface area (Å²) in [6.45, 7) is 9.80. The molecule has 26 heavy (non-hydrogen) atoms. The molecule has 1 amide bonds. The molecule has 0 saturated heterocycles. The molecular weight excluding hydrogens is 344 g/mol. The standard InChI is InChI=1S/C20H26N4OS/c1-13(2)11-24-15(4)16(14(3)22-24)10-20(25)23(5)12-19-21-17-8-6-7-9-18(17)26-19/h6-9,13H,10-12H2,1-5H3. The van der Waals surface area contributed by atoms with E-state index in [2.05, 4.69) is 36.9 Å². The minimum atomic E-state index is 0.0968. The molecule has 0 bridgehead atoms. The molecule has 2 heterocycles. The molecule has 3 rings (SSSR count). The number of fused-ring (bicyclic) bond motifs is 1. The molecule has 3 aromatic rings. The van der Waals surface area contributed by atoms with Crippen LogP contribution in [-0.4, -0.2) is 32.6 Å². The summed E-state index contributed by atoms with van der Waals surface area (Å²) in [5.74, 6) is 0.623. The van der Waals surface area contributed by atoms with Crippen LogP contribution in [0.15, 0.2) is 24.3 Å². The Labute approximate surface area is 158 Å². The minimum Gasteiger partial charge on any atom is -0.339 e. The molecule has 0 spiro atoms. The van der Waals surface area contributed by atoms with Crippen molar-refractivity contribution in [3.63, 3.8) is 0 Å². The smallest absolute Gasteiger partial charge is 0.227 e. The second-order valence-electron chi connectivity index (χ2n) is 7.23. The summed E-state index contributed by atoms with van der Waals surface area (Å²) < 4.78 is 3.18. The third-order valence-corrected chi connectivity index (χ3v) is 5.55. The van der Waals surface area contributed by atoms with Gasteiger partial charge >= 0.3 is 0 Å². The molecule has 6 heteroatoms. The second kappa shape index (κ2) is 7.58. The molecule has 0 atom stereocenters. The van der Waals surface area contributed by atoms with E-state index >= 15 is 0 Å². The number of thiazole rings is 1. The van der Waals surface area contributed by atoms with Gasteiger partial charge in [0.2, 0.25) is 5.91 Å². The van der Waals surface area contributed by atoms with Crippen LogP contribution in [0, 0.1) is 19.8 Å². The lowest BCUT2D eigenvalue weighted by molar-refractivity contribution is -0.129. The number of amides is 1. The van der Waals surface area contributed by atoms with Gasteiger partial charge < -0.3 is 4.90 Å². The van der Waals surface area contributed by atoms with Gasteiger partial charge in [-0.25, -0.2) is 4.98 Å². The van der Waals surface area contributed by atoms with E-state index in [-0.39, 0.29) is 5.91 Å². The van der Waals surface area contributed by atoms with Gasteiger partial charge in [-0.3, -0.25) is 9.48 Å². The van der Waals surface area contributed by atoms with Gasteiger partial charge in [0.1, 0.15) is 5.01 Å². The molecule has 138 valence electrons. The molecule has 0 aliphatic rings. The summed E-state index contributed by atoms with van der Waals surface area (Å²) in [7, 11) is 1.84. The molecule has 1 aromatic carbocycles. The first kappa shape index (κ1) is 18.6. The van der Waals surface area contributed by atoms with Crippen molar-refractivity contribution in [2.24, 2.45) is 5.92 Å². The second-order valence-corrected chi connectivity index (χ2v) is 8.34. The number of aromatic nitrogens is 3. The molecule has 0 N–H and O–H groups in total. The normalized spacial score (nSPS) is 11.5. The molecule has 2 aromatic heterocycles. The maximum Gasteiger partial charge on any atom is 0.227 e. The zero-order valence-electron chi connectivity index (χ0n) is 16.1. The van der Waals surface area contributed by atoms with Gasteiger partial charge in [-0.05, 0) is 31.9 Å². The van der Waals surface area contributed by atoms with Crippen LogP contribution in [0.3, 0.4) is 0 Å². The number of hydrogen-bond acceptors (Lipinski definition) is 4. The molecule has 5 nitrogen and oxygen atoms in total. The third-order valence-electron chi connectivity index (χ3n) is 4.53. The van der Waals surface area contributed by atoms with Crippen molar-refractivity contribution in [2.45, 2.75) is 47.2 Å². The number of nitrogens with zero attached hydrogens (tertiary/aromatic N) is 4. The van der Waals surface area contributed by atoms with Crippen molar-refractivity contribution in [1.29, 1.82) is 0 Å². The SMILES string of the molecule is Cc1nn(CC(C)C)c(C)c1CC(=O)N(C)Cc1nc2ccccc2s1. The van der Waals surface area contributed by atoms with E-state index in [4.69, 9.17) is 0 Å². The predicted octanol–water partition coefficient (Wildman–Crippen LogP) is 3.97. The number of hydrogen-bond donors (Lipinski definition) is 0. The molecule has 0 aliphatic heterocycles. The van der Waals surface area contributed by atoms with E-state index in [1.54, 1.807) is 16.2 Å². The Bertz CT molecular complexity index is 892. The monoisotopic (exact) mass is 370 g/mol. The summed E-state index contributed by atoms with van der Waals surface area (Å²) in [5, 5.41) is 5.58. The predicted molar refractivity (Wildman–Crippen MR) is 106 cm³/mol. The molecule has 0 unspecified atom stereocenters. The van der Waals surface area contributed by atoms with Gasteiger partial charge in [0, 0.05) is 24.8 Å². The molecule has 0 aliphatic carbocycles. The lowest BCUT2D eigenvalue weighted by Crippen LogP contribution is -2.28. The Kier molecular flexibility index (Phi) is 5.41. The number of aryl methyl sites for hydroxylation is 1. The van der Waals surface area contributed by atoms with Crippen molar-refractivity contribution in [2.75, 3.05) is 7.05 Å². The van der Waals surface area contributed by atoms with Gasteiger partial charge in [-0.1, -0.05) is 26.0 Å². The van der Waals surface area contributed by atoms with Crippen molar-refractivity contribution in [3.8, 4) is 0 Å². The van der Waals surface area contributed by atoms with E-state index in [1.165, 1.54) is 0 Å². The summed E-state index contributed by atoms with van der Waals surface area (Å²) in [6.07, 6.45) is 0.386. The molecule has 0 radical (unpaired) electrons. The highest BCUT2D eigenvalue weighted by Crippen LogP contribution is 2.23. The fourth-order valence-electron chi connectivity index (χ4n) is 3.08. The maximum atomic E-state index is 12.7. The largest absolute Gasteiger partial charge is 0.339 e. The first-order valence-electron chi connectivity index (χ1n) is 8.96. The Hall–Kier alpha value is -2.21. The van der Waals surface area contributed by atoms with E-state index in [0.29, 0.717) is 18.9 Å². The Morgan fingerprint density at radius 2 is 2.00 bits per heavy atom. The number of benzene rings is 1. The van der Waals surface area contributed by atoms with Crippen LogP contribution in [0.4, 0.5) is 0 Å². The average Bonchev–Trinajstić information content (AvgIpc) is 3.09. The Balaban J connectivity index is 1.70. The van der Waals surface area contributed by atoms with Crippen LogP contribution in [0.2, 0.25) is 0 Å². The Morgan fingerprint density at radius 3 is 2.69 bits per heavy atom. The Morgan fingerprint density at radius 1 is 1.27 bits per heavy atom. The highest BCUT2D eigenvalue weighted by Gasteiger charge is 2.18. The van der Waals surface area contributed by atoms with E-state index in [0.717, 1.165) is 38.7 Å². The number of carbonyl (C=O) groups excluding carboxylic acids is 1. The maximum absolute atomic E-state index is 12.7. The highest BCUT2D eigenvalue weighted by molar-refractivity contribution is 7.18. The van der Waals surface area contributed by atoms with Crippen molar-refractivity contribution in [1.82, 2.24) is 19.7 Å². The minimum absolute atomic E-state index is 0.0968. The van der Waals surface area contributed by atoms with Gasteiger partial charge in [0.15, 0.2) is 0 Å². The fraction of sp³-hybridized carbons (Fsp3) is 0.450. The number of carbonyl (C=O) groups is 1. The summed E-state index contributed by atoms with van der Waals surface area (Å²) in [4.78, 5) is 19.1. The molecule has 0 saturated carbocycles. The number of rotatable bonds is 6. The summed E-state index contributed by atoms with van der Waals surface area (Å²) >= 11 is 1.65. The first-order chi connectivity index (χ1) is 12.3. The van der Waals surface area contributed by atoms with E-state index in [9.17, 15) is 4.79 Å². The fourth-order valence-corrected chi connectivity index (χ4v) is 4.10. The van der Waals surface area contributed by atoms with Crippen LogP contribution in [0.5, 0.6) is 0 Å². The van der Waals surface area contributed by atoms with Crippen molar-refractivity contribution in [3.05, 3.63) is 46.2 Å². The summed E-state index contributed by atoms with van der Waals surface area (Å²) in [5.41, 5.74) is 4.09. The zero-order chi connectivity index (χ0) is 18.8. The number of para-hydroxylation sites is 1. The van der Waals surface area contributed by atoms with Gasteiger partial charge in [-0.15, -0.1) is 11.3 Å². The van der Waals surface area contributed by atoms with Gasteiger partial charge in [0.05, 0.1) is 28.9 Å². The first-order valence-corrected chi connectivity index (χ1v) is 9.78. The lowest BCUT2D eigenvalue weighted by Gasteiger charge is -2.16. The molecular formula is C20H26N4OS. The van der Waals surface area contributed by atoms with Crippen LogP contribution in [0.25, 0.3) is 10.2 Å². The van der Waals surface area contributed by atoms with Crippen LogP contribution >= 0.6 is 11.3 Å². The van der Waals surface area contributed by atoms with Crippen LogP contribution in [0.1, 0.15) is 35.8 Å². The quantitative estimate of drug-likeness (QED) is 0.660.